The summed E-state index contributed by atoms with van der Waals surface area (Å²) in [5.74, 6) is -0.564. The third-order valence-corrected chi connectivity index (χ3v) is 7.83. The first kappa shape index (κ1) is 22.0. The predicted molar refractivity (Wildman–Crippen MR) is 112 cm³/mol. The molecule has 2 unspecified atom stereocenters. The highest BCUT2D eigenvalue weighted by Gasteiger charge is 2.32. The smallest absolute Gasteiger partial charge is 0.338 e. The Labute approximate surface area is 179 Å². The number of Topliss-reactive ketones (excluding diaryl/α,β-unsaturated/α-hetero) is 1. The SMILES string of the molecule is CC1CC(C)CN(S(=O)(=O)c2cccc(C(=O)OCC(=O)c3ccc(Cl)s3)c2)C1. The summed E-state index contributed by atoms with van der Waals surface area (Å²) in [5.41, 5.74) is 0.0844. The maximum Gasteiger partial charge on any atom is 0.338 e. The molecule has 3 rings (SSSR count). The topological polar surface area (TPSA) is 80.8 Å². The summed E-state index contributed by atoms with van der Waals surface area (Å²) >= 11 is 6.91. The van der Waals surface area contributed by atoms with Crippen molar-refractivity contribution >= 4 is 44.7 Å². The molecule has 2 atom stereocenters. The molecule has 6 nitrogen and oxygen atoms in total. The summed E-state index contributed by atoms with van der Waals surface area (Å²) in [7, 11) is -3.71. The first-order valence-corrected chi connectivity index (χ1v) is 11.9. The number of hydrogen-bond donors (Lipinski definition) is 0. The van der Waals surface area contributed by atoms with Gasteiger partial charge in [-0.25, -0.2) is 13.2 Å². The summed E-state index contributed by atoms with van der Waals surface area (Å²) in [6.45, 7) is 4.54. The number of thiophene rings is 1. The number of esters is 1. The van der Waals surface area contributed by atoms with Crippen molar-refractivity contribution < 1.29 is 22.7 Å². The number of carbonyl (C=O) groups is 2. The lowest BCUT2D eigenvalue weighted by molar-refractivity contribution is 0.0475. The van der Waals surface area contributed by atoms with E-state index in [9.17, 15) is 18.0 Å². The first-order chi connectivity index (χ1) is 13.7. The maximum atomic E-state index is 13.0. The molecule has 1 aliphatic heterocycles. The molecule has 1 aliphatic rings. The minimum atomic E-state index is -3.71. The molecule has 0 saturated carbocycles. The van der Waals surface area contributed by atoms with Crippen molar-refractivity contribution in [1.82, 2.24) is 4.31 Å². The number of benzene rings is 1. The van der Waals surface area contributed by atoms with E-state index in [2.05, 4.69) is 0 Å². The predicted octanol–water partition coefficient (Wildman–Crippen LogP) is 4.11. The fraction of sp³-hybridized carbons (Fsp3) is 0.400. The van der Waals surface area contributed by atoms with Gasteiger partial charge in [0.25, 0.3) is 0 Å². The molecule has 0 spiro atoms. The number of halogens is 1. The average Bonchev–Trinajstić information content (AvgIpc) is 3.11. The molecule has 2 heterocycles. The fourth-order valence-electron chi connectivity index (χ4n) is 3.48. The Morgan fingerprint density at radius 1 is 1.17 bits per heavy atom. The van der Waals surface area contributed by atoms with E-state index in [1.54, 1.807) is 12.1 Å². The second-order valence-corrected chi connectivity index (χ2v) is 11.1. The van der Waals surface area contributed by atoms with Gasteiger partial charge in [-0.2, -0.15) is 4.31 Å². The van der Waals surface area contributed by atoms with E-state index < -0.39 is 22.6 Å². The number of ether oxygens (including phenoxy) is 1. The molecule has 1 fully saturated rings. The number of hydrogen-bond acceptors (Lipinski definition) is 6. The van der Waals surface area contributed by atoms with E-state index in [1.807, 2.05) is 13.8 Å². The number of rotatable bonds is 6. The lowest BCUT2D eigenvalue weighted by Crippen LogP contribution is -2.42. The van der Waals surface area contributed by atoms with Crippen LogP contribution >= 0.6 is 22.9 Å². The van der Waals surface area contributed by atoms with Gasteiger partial charge in [-0.05, 0) is 48.6 Å². The van der Waals surface area contributed by atoms with Crippen LogP contribution in [0, 0.1) is 11.8 Å². The normalized spacial score (nSPS) is 20.4. The van der Waals surface area contributed by atoms with E-state index >= 15 is 0 Å². The highest BCUT2D eigenvalue weighted by atomic mass is 35.5. The Hall–Kier alpha value is -1.74. The number of sulfonamides is 1. The Morgan fingerprint density at radius 2 is 1.86 bits per heavy atom. The highest BCUT2D eigenvalue weighted by molar-refractivity contribution is 7.89. The third kappa shape index (κ3) is 5.25. The zero-order chi connectivity index (χ0) is 21.2. The van der Waals surface area contributed by atoms with Crippen LogP contribution in [0.25, 0.3) is 0 Å². The van der Waals surface area contributed by atoms with Gasteiger partial charge in [-0.1, -0.05) is 31.5 Å². The van der Waals surface area contributed by atoms with E-state index in [4.69, 9.17) is 16.3 Å². The molecule has 2 aromatic rings. The van der Waals surface area contributed by atoms with Gasteiger partial charge < -0.3 is 4.74 Å². The molecule has 9 heteroatoms. The fourth-order valence-corrected chi connectivity index (χ4v) is 6.18. The van der Waals surface area contributed by atoms with E-state index in [0.717, 1.165) is 17.8 Å². The van der Waals surface area contributed by atoms with Gasteiger partial charge in [-0.15, -0.1) is 11.3 Å². The summed E-state index contributed by atoms with van der Waals surface area (Å²) in [4.78, 5) is 24.8. The van der Waals surface area contributed by atoms with Crippen molar-refractivity contribution in [2.24, 2.45) is 11.8 Å². The Bertz CT molecular complexity index is 1010. The second-order valence-electron chi connectivity index (χ2n) is 7.40. The molecule has 0 aliphatic carbocycles. The minimum absolute atomic E-state index is 0.0459. The van der Waals surface area contributed by atoms with Crippen LogP contribution in [0.1, 0.15) is 40.3 Å². The standard InChI is InChI=1S/C20H22ClNO5S2/c1-13-8-14(2)11-22(10-13)29(25,26)16-5-3-4-15(9-16)20(24)27-12-17(23)18-6-7-19(21)28-18/h3-7,9,13-14H,8,10-12H2,1-2H3. The van der Waals surface area contributed by atoms with Gasteiger partial charge in [0.2, 0.25) is 15.8 Å². The van der Waals surface area contributed by atoms with E-state index in [0.29, 0.717) is 22.3 Å². The van der Waals surface area contributed by atoms with E-state index in [1.165, 1.54) is 28.6 Å². The molecule has 1 aromatic heterocycles. The number of nitrogens with zero attached hydrogens (tertiary/aromatic N) is 1. The van der Waals surface area contributed by atoms with Gasteiger partial charge >= 0.3 is 5.97 Å². The molecule has 0 amide bonds. The first-order valence-electron chi connectivity index (χ1n) is 9.22. The molecule has 156 valence electrons. The zero-order valence-electron chi connectivity index (χ0n) is 16.1. The quantitative estimate of drug-likeness (QED) is 0.483. The highest BCUT2D eigenvalue weighted by Crippen LogP contribution is 2.27. The van der Waals surface area contributed by atoms with Crippen LogP contribution in [-0.2, 0) is 14.8 Å². The molecule has 29 heavy (non-hydrogen) atoms. The lowest BCUT2D eigenvalue weighted by atomic mass is 9.94. The number of carbonyl (C=O) groups excluding carboxylic acids is 2. The van der Waals surface area contributed by atoms with Crippen LogP contribution in [0.3, 0.4) is 0 Å². The van der Waals surface area contributed by atoms with Gasteiger partial charge in [0.15, 0.2) is 6.61 Å². The van der Waals surface area contributed by atoms with Crippen LogP contribution in [-0.4, -0.2) is 44.2 Å². The minimum Gasteiger partial charge on any atom is -0.454 e. The summed E-state index contributed by atoms with van der Waals surface area (Å²) < 4.78 is 33.0. The van der Waals surface area contributed by atoms with Crippen LogP contribution in [0.4, 0.5) is 0 Å². The largest absolute Gasteiger partial charge is 0.454 e. The van der Waals surface area contributed by atoms with Crippen molar-refractivity contribution in [3.63, 3.8) is 0 Å². The van der Waals surface area contributed by atoms with Crippen molar-refractivity contribution in [3.8, 4) is 0 Å². The summed E-state index contributed by atoms with van der Waals surface area (Å²) in [6.07, 6.45) is 0.988. The van der Waals surface area contributed by atoms with Gasteiger partial charge in [0.1, 0.15) is 0 Å². The number of ketones is 1. The van der Waals surface area contributed by atoms with Crippen molar-refractivity contribution in [3.05, 3.63) is 51.2 Å². The summed E-state index contributed by atoms with van der Waals surface area (Å²) in [5, 5.41) is 0. The van der Waals surface area contributed by atoms with Gasteiger partial charge in [0.05, 0.1) is 19.7 Å². The van der Waals surface area contributed by atoms with Crippen LogP contribution in [0.2, 0.25) is 4.34 Å². The Balaban J connectivity index is 1.71. The average molecular weight is 456 g/mol. The Kier molecular flexibility index (Phi) is 6.78. The zero-order valence-corrected chi connectivity index (χ0v) is 18.5. The van der Waals surface area contributed by atoms with Crippen molar-refractivity contribution in [2.75, 3.05) is 19.7 Å². The molecular weight excluding hydrogens is 434 g/mol. The van der Waals surface area contributed by atoms with E-state index in [-0.39, 0.29) is 28.1 Å². The van der Waals surface area contributed by atoms with Crippen molar-refractivity contribution in [2.45, 2.75) is 25.2 Å². The molecule has 1 saturated heterocycles. The lowest BCUT2D eigenvalue weighted by Gasteiger charge is -2.34. The molecule has 1 aromatic carbocycles. The molecular formula is C20H22ClNO5S2. The van der Waals surface area contributed by atoms with Crippen LogP contribution in [0.5, 0.6) is 0 Å². The van der Waals surface area contributed by atoms with Crippen LogP contribution in [0.15, 0.2) is 41.3 Å². The second kappa shape index (κ2) is 8.95. The molecule has 0 N–H and O–H groups in total. The maximum absolute atomic E-state index is 13.0. The van der Waals surface area contributed by atoms with Crippen molar-refractivity contribution in [1.29, 1.82) is 0 Å². The molecule has 0 bridgehead atoms. The number of piperidine rings is 1. The van der Waals surface area contributed by atoms with Crippen LogP contribution < -0.4 is 0 Å². The van der Waals surface area contributed by atoms with Gasteiger partial charge in [0, 0.05) is 13.1 Å². The monoisotopic (exact) mass is 455 g/mol. The Morgan fingerprint density at radius 3 is 2.48 bits per heavy atom. The van der Waals surface area contributed by atoms with Gasteiger partial charge in [-0.3, -0.25) is 4.79 Å². The third-order valence-electron chi connectivity index (χ3n) is 4.73. The molecule has 0 radical (unpaired) electrons. The summed E-state index contributed by atoms with van der Waals surface area (Å²) in [6, 6.07) is 8.90.